The van der Waals surface area contributed by atoms with Crippen LogP contribution in [0.1, 0.15) is 60.4 Å². The molecule has 1 aromatic carbocycles. The fourth-order valence-electron chi connectivity index (χ4n) is 5.31. The standard InChI is InChI=1S/C20H25ClN2O2/c21-13-9-15-14-3-1-2-4-18(14)25-19(15)16(10-13)20(24)22-17-11-23-7-5-12(17)6-8-23/h9-10,12,14,17-18H,1-8,11H2,(H,22,24). The highest BCUT2D eigenvalue weighted by Gasteiger charge is 2.40. The van der Waals surface area contributed by atoms with Gasteiger partial charge in [0.05, 0.1) is 5.56 Å². The van der Waals surface area contributed by atoms with Crippen molar-refractivity contribution in [2.45, 2.75) is 56.6 Å². The van der Waals surface area contributed by atoms with E-state index in [2.05, 4.69) is 10.2 Å². The van der Waals surface area contributed by atoms with Crippen LogP contribution in [0.4, 0.5) is 0 Å². The molecule has 3 saturated heterocycles. The Morgan fingerprint density at radius 3 is 2.72 bits per heavy atom. The first-order valence-corrected chi connectivity index (χ1v) is 10.1. The van der Waals surface area contributed by atoms with Gasteiger partial charge in [0.2, 0.25) is 0 Å². The van der Waals surface area contributed by atoms with E-state index in [1.165, 1.54) is 38.8 Å². The monoisotopic (exact) mass is 360 g/mol. The molecule has 1 amide bonds. The summed E-state index contributed by atoms with van der Waals surface area (Å²) in [5.74, 6) is 1.80. The van der Waals surface area contributed by atoms with Crippen molar-refractivity contribution in [2.24, 2.45) is 5.92 Å². The number of nitrogens with one attached hydrogen (secondary N) is 1. The van der Waals surface area contributed by atoms with Gasteiger partial charge in [-0.2, -0.15) is 0 Å². The minimum atomic E-state index is -0.0175. The van der Waals surface area contributed by atoms with Gasteiger partial charge in [-0.1, -0.05) is 18.0 Å². The van der Waals surface area contributed by atoms with Gasteiger partial charge in [0.15, 0.2) is 0 Å². The van der Waals surface area contributed by atoms with Gasteiger partial charge in [-0.3, -0.25) is 4.79 Å². The van der Waals surface area contributed by atoms with E-state index in [0.29, 0.717) is 22.4 Å². The lowest BCUT2D eigenvalue weighted by molar-refractivity contribution is 0.0617. The predicted octanol–water partition coefficient (Wildman–Crippen LogP) is 3.58. The van der Waals surface area contributed by atoms with Gasteiger partial charge >= 0.3 is 0 Å². The number of hydrogen-bond acceptors (Lipinski definition) is 3. The molecule has 0 spiro atoms. The highest BCUT2D eigenvalue weighted by atomic mass is 35.5. The first-order valence-electron chi connectivity index (χ1n) is 9.72. The molecule has 6 rings (SSSR count). The second-order valence-electron chi connectivity index (χ2n) is 8.14. The van der Waals surface area contributed by atoms with E-state index < -0.39 is 0 Å². The molecule has 4 fully saturated rings. The number of fused-ring (bicyclic) bond motifs is 6. The normalized spacial score (nSPS) is 35.6. The van der Waals surface area contributed by atoms with Crippen LogP contribution in [-0.4, -0.2) is 42.6 Å². The molecule has 2 bridgehead atoms. The number of halogens is 1. The van der Waals surface area contributed by atoms with E-state index in [4.69, 9.17) is 16.3 Å². The second-order valence-corrected chi connectivity index (χ2v) is 8.57. The molecule has 1 aromatic rings. The lowest BCUT2D eigenvalue weighted by atomic mass is 9.82. The molecule has 1 saturated carbocycles. The van der Waals surface area contributed by atoms with Crippen LogP contribution in [-0.2, 0) is 0 Å². The van der Waals surface area contributed by atoms with Crippen LogP contribution in [0.15, 0.2) is 12.1 Å². The maximum Gasteiger partial charge on any atom is 0.255 e. The lowest BCUT2D eigenvalue weighted by Gasteiger charge is -2.44. The summed E-state index contributed by atoms with van der Waals surface area (Å²) in [6.07, 6.45) is 7.28. The fourth-order valence-corrected chi connectivity index (χ4v) is 5.54. The zero-order valence-corrected chi connectivity index (χ0v) is 15.2. The van der Waals surface area contributed by atoms with E-state index in [9.17, 15) is 4.79 Å². The van der Waals surface area contributed by atoms with Crippen molar-refractivity contribution in [3.63, 3.8) is 0 Å². The van der Waals surface area contributed by atoms with Crippen molar-refractivity contribution in [1.29, 1.82) is 0 Å². The molecule has 4 aliphatic heterocycles. The van der Waals surface area contributed by atoms with Gasteiger partial charge in [-0.25, -0.2) is 0 Å². The second kappa shape index (κ2) is 6.17. The number of rotatable bonds is 2. The maximum atomic E-state index is 13.0. The number of carbonyl (C=O) groups excluding carboxylic acids is 1. The highest BCUT2D eigenvalue weighted by molar-refractivity contribution is 6.31. The SMILES string of the molecule is O=C(NC1CN2CCC1CC2)c1cc(Cl)cc2c1OC1CCCCC21. The first kappa shape index (κ1) is 16.0. The number of hydrogen-bond donors (Lipinski definition) is 1. The Morgan fingerprint density at radius 1 is 1.16 bits per heavy atom. The van der Waals surface area contributed by atoms with E-state index >= 15 is 0 Å². The third-order valence-corrected chi connectivity index (χ3v) is 6.89. The molecule has 1 aliphatic carbocycles. The summed E-state index contributed by atoms with van der Waals surface area (Å²) in [4.78, 5) is 15.5. The smallest absolute Gasteiger partial charge is 0.255 e. The molecule has 5 heteroatoms. The van der Waals surface area contributed by atoms with Crippen LogP contribution in [0.5, 0.6) is 5.75 Å². The number of piperidine rings is 3. The Hall–Kier alpha value is -1.26. The molecule has 3 atom stereocenters. The van der Waals surface area contributed by atoms with Crippen molar-refractivity contribution >= 4 is 17.5 Å². The number of nitrogens with zero attached hydrogens (tertiary/aromatic N) is 1. The Balaban J connectivity index is 1.41. The van der Waals surface area contributed by atoms with Gasteiger partial charge < -0.3 is 15.0 Å². The molecule has 5 aliphatic rings. The molecule has 0 radical (unpaired) electrons. The topological polar surface area (TPSA) is 41.6 Å². The summed E-state index contributed by atoms with van der Waals surface area (Å²) in [5.41, 5.74) is 1.78. The van der Waals surface area contributed by atoms with Crippen molar-refractivity contribution in [2.75, 3.05) is 19.6 Å². The van der Waals surface area contributed by atoms with Crippen molar-refractivity contribution in [3.05, 3.63) is 28.3 Å². The average molecular weight is 361 g/mol. The molecule has 4 heterocycles. The summed E-state index contributed by atoms with van der Waals surface area (Å²) >= 11 is 6.37. The first-order chi connectivity index (χ1) is 12.2. The van der Waals surface area contributed by atoms with E-state index in [1.807, 2.05) is 6.07 Å². The van der Waals surface area contributed by atoms with Crippen LogP contribution in [0.3, 0.4) is 0 Å². The number of benzene rings is 1. The van der Waals surface area contributed by atoms with Gasteiger partial charge in [0, 0.05) is 29.1 Å². The van der Waals surface area contributed by atoms with Gasteiger partial charge in [0.1, 0.15) is 11.9 Å². The zero-order chi connectivity index (χ0) is 17.0. The van der Waals surface area contributed by atoms with E-state index in [-0.39, 0.29) is 18.1 Å². The third-order valence-electron chi connectivity index (χ3n) is 6.67. The molecule has 25 heavy (non-hydrogen) atoms. The number of amides is 1. The summed E-state index contributed by atoms with van der Waals surface area (Å²) < 4.78 is 6.24. The minimum Gasteiger partial charge on any atom is -0.489 e. The maximum absolute atomic E-state index is 13.0. The van der Waals surface area contributed by atoms with Gasteiger partial charge in [0.25, 0.3) is 5.91 Å². The van der Waals surface area contributed by atoms with Crippen LogP contribution < -0.4 is 10.1 Å². The minimum absolute atomic E-state index is 0.0175. The van der Waals surface area contributed by atoms with Gasteiger partial charge in [-0.05, 0) is 63.2 Å². The molecule has 134 valence electrons. The molecule has 0 aromatic heterocycles. The molecule has 3 unspecified atom stereocenters. The Labute approximate surface area is 153 Å². The Morgan fingerprint density at radius 2 is 1.96 bits per heavy atom. The fraction of sp³-hybridized carbons (Fsp3) is 0.650. The number of carbonyl (C=O) groups is 1. The quantitative estimate of drug-likeness (QED) is 0.876. The summed E-state index contributed by atoms with van der Waals surface area (Å²) in [6.45, 7) is 3.33. The molecule has 4 nitrogen and oxygen atoms in total. The predicted molar refractivity (Wildman–Crippen MR) is 97.5 cm³/mol. The van der Waals surface area contributed by atoms with Crippen LogP contribution in [0.25, 0.3) is 0 Å². The zero-order valence-electron chi connectivity index (χ0n) is 14.5. The van der Waals surface area contributed by atoms with Crippen molar-refractivity contribution in [3.8, 4) is 5.75 Å². The third kappa shape index (κ3) is 2.74. The largest absolute Gasteiger partial charge is 0.489 e. The van der Waals surface area contributed by atoms with Crippen LogP contribution >= 0.6 is 11.6 Å². The Bertz CT molecular complexity index is 699. The molecule has 1 N–H and O–H groups in total. The Kier molecular flexibility index (Phi) is 3.94. The average Bonchev–Trinajstić information content (AvgIpc) is 3.00. The van der Waals surface area contributed by atoms with Gasteiger partial charge in [-0.15, -0.1) is 0 Å². The highest BCUT2D eigenvalue weighted by Crippen LogP contribution is 2.48. The summed E-state index contributed by atoms with van der Waals surface area (Å²) in [7, 11) is 0. The van der Waals surface area contributed by atoms with E-state index in [1.54, 1.807) is 6.07 Å². The van der Waals surface area contributed by atoms with Crippen molar-refractivity contribution in [1.82, 2.24) is 10.2 Å². The molecular weight excluding hydrogens is 336 g/mol. The van der Waals surface area contributed by atoms with E-state index in [0.717, 1.165) is 30.7 Å². The summed E-state index contributed by atoms with van der Waals surface area (Å²) in [6, 6.07) is 4.06. The lowest BCUT2D eigenvalue weighted by Crippen LogP contribution is -2.57. The molecular formula is C20H25ClN2O2. The van der Waals surface area contributed by atoms with Crippen LogP contribution in [0, 0.1) is 5.92 Å². The number of ether oxygens (including phenoxy) is 1. The van der Waals surface area contributed by atoms with Crippen LogP contribution in [0.2, 0.25) is 5.02 Å². The summed E-state index contributed by atoms with van der Waals surface area (Å²) in [5, 5.41) is 3.93. The van der Waals surface area contributed by atoms with Crippen molar-refractivity contribution < 1.29 is 9.53 Å².